The molecule has 0 spiro atoms. The van der Waals surface area contributed by atoms with E-state index in [1.165, 1.54) is 11.1 Å². The first-order valence-corrected chi connectivity index (χ1v) is 5.06. The van der Waals surface area contributed by atoms with E-state index in [9.17, 15) is 0 Å². The fourth-order valence-electron chi connectivity index (χ4n) is 1.00. The van der Waals surface area contributed by atoms with Crippen LogP contribution in [-0.4, -0.2) is 6.61 Å². The second kappa shape index (κ2) is 5.28. The third-order valence-electron chi connectivity index (χ3n) is 1.97. The van der Waals surface area contributed by atoms with Gasteiger partial charge in [-0.2, -0.15) is 0 Å². The minimum Gasteiger partial charge on any atom is -0.489 e. The lowest BCUT2D eigenvalue weighted by molar-refractivity contribution is 0.362. The molecular weight excluding hydrogens is 219 g/mol. The summed E-state index contributed by atoms with van der Waals surface area (Å²) in [5, 5.41) is 0. The second-order valence-corrected chi connectivity index (χ2v) is 4.06. The second-order valence-electron chi connectivity index (χ2n) is 3.05. The summed E-state index contributed by atoms with van der Waals surface area (Å²) in [6.07, 6.45) is 1.61. The van der Waals surface area contributed by atoms with Crippen LogP contribution in [0.25, 0.3) is 0 Å². The lowest BCUT2D eigenvalue weighted by Gasteiger charge is -2.05. The van der Waals surface area contributed by atoms with E-state index in [1.54, 1.807) is 6.08 Å². The Kier molecular flexibility index (Phi) is 4.30. The molecule has 0 atom stereocenters. The van der Waals surface area contributed by atoms with Gasteiger partial charge in [-0.05, 0) is 43.2 Å². The van der Waals surface area contributed by atoms with Gasteiger partial charge in [-0.3, -0.25) is 0 Å². The zero-order chi connectivity index (χ0) is 10.6. The van der Waals surface area contributed by atoms with E-state index in [2.05, 4.69) is 6.92 Å². The molecule has 1 aromatic rings. The van der Waals surface area contributed by atoms with E-state index in [0.717, 1.165) is 5.75 Å². The van der Waals surface area contributed by atoms with E-state index >= 15 is 0 Å². The third kappa shape index (κ3) is 3.60. The molecule has 0 amide bonds. The molecule has 1 rings (SSSR count). The third-order valence-corrected chi connectivity index (χ3v) is 2.27. The summed E-state index contributed by atoms with van der Waals surface area (Å²) in [5.41, 5.74) is 2.46. The summed E-state index contributed by atoms with van der Waals surface area (Å²) in [7, 11) is 0. The van der Waals surface area contributed by atoms with Crippen molar-refractivity contribution < 1.29 is 4.74 Å². The van der Waals surface area contributed by atoms with Crippen molar-refractivity contribution in [1.82, 2.24) is 0 Å². The Morgan fingerprint density at radius 3 is 2.57 bits per heavy atom. The van der Waals surface area contributed by atoms with Gasteiger partial charge in [-0.25, -0.2) is 0 Å². The van der Waals surface area contributed by atoms with Crippen molar-refractivity contribution in [3.05, 3.63) is 39.9 Å². The molecule has 76 valence electrons. The number of hydrogen-bond donors (Lipinski definition) is 0. The Bertz CT molecular complexity index is 341. The van der Waals surface area contributed by atoms with Crippen molar-refractivity contribution in [3.8, 4) is 5.75 Å². The highest BCUT2D eigenvalue weighted by Crippen LogP contribution is 2.16. The van der Waals surface area contributed by atoms with E-state index in [4.69, 9.17) is 27.9 Å². The molecule has 0 aliphatic heterocycles. The molecule has 0 fully saturated rings. The molecule has 0 radical (unpaired) electrons. The first kappa shape index (κ1) is 11.4. The highest BCUT2D eigenvalue weighted by molar-refractivity contribution is 6.55. The van der Waals surface area contributed by atoms with E-state index in [0.29, 0.717) is 6.61 Å². The van der Waals surface area contributed by atoms with Gasteiger partial charge in [0, 0.05) is 0 Å². The molecule has 14 heavy (non-hydrogen) atoms. The largest absolute Gasteiger partial charge is 0.489 e. The monoisotopic (exact) mass is 230 g/mol. The number of aryl methyl sites for hydroxylation is 2. The van der Waals surface area contributed by atoms with Crippen LogP contribution in [0.2, 0.25) is 0 Å². The van der Waals surface area contributed by atoms with Crippen LogP contribution in [0.4, 0.5) is 0 Å². The fourth-order valence-corrected chi connectivity index (χ4v) is 1.13. The Morgan fingerprint density at radius 1 is 1.29 bits per heavy atom. The molecule has 3 heteroatoms. The molecule has 0 heterocycles. The lowest BCUT2D eigenvalue weighted by Crippen LogP contribution is -1.94. The fraction of sp³-hybridized carbons (Fsp3) is 0.273. The topological polar surface area (TPSA) is 9.23 Å². The minimum atomic E-state index is 0.230. The van der Waals surface area contributed by atoms with Gasteiger partial charge >= 0.3 is 0 Å². The van der Waals surface area contributed by atoms with E-state index in [-0.39, 0.29) is 4.49 Å². The first-order chi connectivity index (χ1) is 6.59. The summed E-state index contributed by atoms with van der Waals surface area (Å²) in [6, 6.07) is 5.94. The molecule has 1 nitrogen and oxygen atoms in total. The highest BCUT2D eigenvalue weighted by Gasteiger charge is 1.96. The van der Waals surface area contributed by atoms with Crippen LogP contribution < -0.4 is 4.74 Å². The zero-order valence-corrected chi connectivity index (χ0v) is 9.69. The Balaban J connectivity index is 2.60. The quantitative estimate of drug-likeness (QED) is 0.763. The van der Waals surface area contributed by atoms with Crippen molar-refractivity contribution in [3.63, 3.8) is 0 Å². The molecule has 0 aromatic heterocycles. The molecule has 0 aliphatic rings. The normalized spacial score (nSPS) is 9.71. The van der Waals surface area contributed by atoms with Gasteiger partial charge in [0.2, 0.25) is 0 Å². The van der Waals surface area contributed by atoms with E-state index < -0.39 is 0 Å². The smallest absolute Gasteiger partial charge is 0.120 e. The maximum Gasteiger partial charge on any atom is 0.120 e. The van der Waals surface area contributed by atoms with Crippen LogP contribution in [0.1, 0.15) is 11.1 Å². The van der Waals surface area contributed by atoms with Gasteiger partial charge in [-0.15, -0.1) is 0 Å². The van der Waals surface area contributed by atoms with Crippen molar-refractivity contribution >= 4 is 23.2 Å². The van der Waals surface area contributed by atoms with Gasteiger partial charge in [-0.1, -0.05) is 29.3 Å². The SMILES string of the molecule is Cc1ccc(OCC=C(Cl)Cl)cc1C. The van der Waals surface area contributed by atoms with Crippen LogP contribution in [0.15, 0.2) is 28.8 Å². The van der Waals surface area contributed by atoms with Crippen LogP contribution >= 0.6 is 23.2 Å². The molecule has 0 aliphatic carbocycles. The van der Waals surface area contributed by atoms with Crippen molar-refractivity contribution in [2.24, 2.45) is 0 Å². The number of halogens is 2. The molecule has 0 unspecified atom stereocenters. The zero-order valence-electron chi connectivity index (χ0n) is 8.18. The average molecular weight is 231 g/mol. The minimum absolute atomic E-state index is 0.230. The average Bonchev–Trinajstić information content (AvgIpc) is 2.10. The van der Waals surface area contributed by atoms with E-state index in [1.807, 2.05) is 25.1 Å². The Labute approximate surface area is 94.3 Å². The standard InChI is InChI=1S/C11H12Cl2O/c1-8-3-4-10(7-9(8)2)14-6-5-11(12)13/h3-5,7H,6H2,1-2H3. The molecular formula is C11H12Cl2O. The lowest BCUT2D eigenvalue weighted by atomic mass is 10.1. The molecule has 1 aromatic carbocycles. The number of benzene rings is 1. The predicted molar refractivity (Wildman–Crippen MR) is 61.2 cm³/mol. The highest BCUT2D eigenvalue weighted by atomic mass is 35.5. The van der Waals surface area contributed by atoms with Crippen molar-refractivity contribution in [1.29, 1.82) is 0 Å². The summed E-state index contributed by atoms with van der Waals surface area (Å²) in [4.78, 5) is 0. The van der Waals surface area contributed by atoms with Gasteiger partial charge in [0.25, 0.3) is 0 Å². The number of hydrogen-bond acceptors (Lipinski definition) is 1. The molecule has 0 bridgehead atoms. The van der Waals surface area contributed by atoms with Crippen LogP contribution in [0.5, 0.6) is 5.75 Å². The maximum atomic E-state index is 5.45. The van der Waals surface area contributed by atoms with Gasteiger partial charge in [0.15, 0.2) is 0 Å². The van der Waals surface area contributed by atoms with Crippen LogP contribution in [0, 0.1) is 13.8 Å². The van der Waals surface area contributed by atoms with Gasteiger partial charge < -0.3 is 4.74 Å². The summed E-state index contributed by atoms with van der Waals surface area (Å²) in [5.74, 6) is 0.832. The van der Waals surface area contributed by atoms with Gasteiger partial charge in [0.1, 0.15) is 16.8 Å². The number of ether oxygens (including phenoxy) is 1. The molecule has 0 N–H and O–H groups in total. The van der Waals surface area contributed by atoms with Crippen molar-refractivity contribution in [2.45, 2.75) is 13.8 Å². The van der Waals surface area contributed by atoms with Crippen LogP contribution in [0.3, 0.4) is 0 Å². The maximum absolute atomic E-state index is 5.45. The number of rotatable bonds is 3. The molecule has 0 saturated heterocycles. The molecule has 0 saturated carbocycles. The summed E-state index contributed by atoms with van der Waals surface area (Å²) >= 11 is 10.9. The first-order valence-electron chi connectivity index (χ1n) is 4.31. The van der Waals surface area contributed by atoms with Gasteiger partial charge in [0.05, 0.1) is 0 Å². The Morgan fingerprint density at radius 2 is 2.00 bits per heavy atom. The Hall–Kier alpha value is -0.660. The van der Waals surface area contributed by atoms with Crippen LogP contribution in [-0.2, 0) is 0 Å². The predicted octanol–water partition coefficient (Wildman–Crippen LogP) is 4.00. The summed E-state index contributed by atoms with van der Waals surface area (Å²) in [6.45, 7) is 4.51. The van der Waals surface area contributed by atoms with Crippen molar-refractivity contribution in [2.75, 3.05) is 6.61 Å². The summed E-state index contributed by atoms with van der Waals surface area (Å²) < 4.78 is 5.64.